The second-order valence-electron chi connectivity index (χ2n) is 7.71. The van der Waals surface area contributed by atoms with E-state index in [9.17, 15) is 9.59 Å². The molecule has 1 N–H and O–H groups in total. The normalized spacial score (nSPS) is 12.2. The first kappa shape index (κ1) is 21.3. The van der Waals surface area contributed by atoms with Gasteiger partial charge in [0.1, 0.15) is 11.4 Å². The van der Waals surface area contributed by atoms with Crippen molar-refractivity contribution in [1.82, 2.24) is 24.6 Å². The smallest absolute Gasteiger partial charge is 0.263 e. The van der Waals surface area contributed by atoms with Crippen LogP contribution in [0.1, 0.15) is 24.2 Å². The summed E-state index contributed by atoms with van der Waals surface area (Å²) < 4.78 is 3.22. The molecule has 0 aliphatic heterocycles. The molecule has 0 aliphatic rings. The summed E-state index contributed by atoms with van der Waals surface area (Å²) in [7, 11) is 0. The monoisotopic (exact) mass is 475 g/mol. The van der Waals surface area contributed by atoms with Crippen LogP contribution in [-0.4, -0.2) is 25.2 Å². The van der Waals surface area contributed by atoms with Crippen molar-refractivity contribution in [2.24, 2.45) is 0 Å². The number of thiophene rings is 2. The molecule has 7 nitrogen and oxygen atoms in total. The number of nitrogens with one attached hydrogen (secondary N) is 1. The van der Waals surface area contributed by atoms with Gasteiger partial charge >= 0.3 is 0 Å². The maximum Gasteiger partial charge on any atom is 0.263 e. The number of carbonyl (C=O) groups excluding carboxylic acids is 1. The highest BCUT2D eigenvalue weighted by atomic mass is 32.1. The molecule has 9 heteroatoms. The minimum atomic E-state index is -0.259. The predicted molar refractivity (Wildman–Crippen MR) is 132 cm³/mol. The largest absolute Gasteiger partial charge is 0.348 e. The standard InChI is InChI=1S/C24H21N5O2S2/c1-15(18-11-26-29(16(18)2)17-7-4-3-5-8-17)27-21(30)12-28-14-25-23-22(24(28)31)19(13-33-23)20-9-6-10-32-20/h3-11,13-15H,12H2,1-2H3,(H,27,30). The zero-order valence-electron chi connectivity index (χ0n) is 18.1. The van der Waals surface area contributed by atoms with E-state index in [0.717, 1.165) is 27.4 Å². The first-order valence-corrected chi connectivity index (χ1v) is 12.2. The molecule has 4 heterocycles. The number of amides is 1. The van der Waals surface area contributed by atoms with Crippen LogP contribution < -0.4 is 10.9 Å². The minimum absolute atomic E-state index is 0.0995. The van der Waals surface area contributed by atoms with Crippen LogP contribution in [0.4, 0.5) is 0 Å². The number of rotatable bonds is 6. The summed E-state index contributed by atoms with van der Waals surface area (Å²) in [6.45, 7) is 3.79. The molecule has 1 atom stereocenters. The zero-order chi connectivity index (χ0) is 22.9. The second kappa shape index (κ2) is 8.76. The van der Waals surface area contributed by atoms with Gasteiger partial charge in [0.25, 0.3) is 5.56 Å². The number of benzene rings is 1. The van der Waals surface area contributed by atoms with Crippen LogP contribution >= 0.6 is 22.7 Å². The molecule has 166 valence electrons. The van der Waals surface area contributed by atoms with Crippen LogP contribution in [0.25, 0.3) is 26.3 Å². The number of hydrogen-bond donors (Lipinski definition) is 1. The SMILES string of the molecule is Cc1c(C(C)NC(=O)Cn2cnc3scc(-c4cccs4)c3c2=O)cnn1-c1ccccc1. The van der Waals surface area contributed by atoms with Crippen LogP contribution in [0.3, 0.4) is 0 Å². The Morgan fingerprint density at radius 2 is 1.97 bits per heavy atom. The summed E-state index contributed by atoms with van der Waals surface area (Å²) in [5.74, 6) is -0.259. The van der Waals surface area contributed by atoms with Crippen LogP contribution in [0.2, 0.25) is 0 Å². The van der Waals surface area contributed by atoms with Crippen molar-refractivity contribution >= 4 is 38.8 Å². The van der Waals surface area contributed by atoms with Crippen LogP contribution in [0.15, 0.2) is 70.5 Å². The first-order valence-electron chi connectivity index (χ1n) is 10.4. The van der Waals surface area contributed by atoms with Gasteiger partial charge in [0.2, 0.25) is 5.91 Å². The van der Waals surface area contributed by atoms with E-state index in [-0.39, 0.29) is 24.1 Å². The number of nitrogens with zero attached hydrogens (tertiary/aromatic N) is 4. The molecule has 1 aromatic carbocycles. The lowest BCUT2D eigenvalue weighted by atomic mass is 10.1. The highest BCUT2D eigenvalue weighted by Crippen LogP contribution is 2.33. The lowest BCUT2D eigenvalue weighted by Gasteiger charge is -2.15. The molecule has 0 spiro atoms. The molecule has 0 radical (unpaired) electrons. The Bertz CT molecular complexity index is 1480. The lowest BCUT2D eigenvalue weighted by Crippen LogP contribution is -2.34. The van der Waals surface area contributed by atoms with Gasteiger partial charge in [-0.2, -0.15) is 5.10 Å². The topological polar surface area (TPSA) is 81.8 Å². The molecule has 0 aliphatic carbocycles. The average molecular weight is 476 g/mol. The van der Waals surface area contributed by atoms with Crippen LogP contribution in [0, 0.1) is 6.92 Å². The molecule has 0 fully saturated rings. The van der Waals surface area contributed by atoms with E-state index >= 15 is 0 Å². The van der Waals surface area contributed by atoms with E-state index < -0.39 is 0 Å². The maximum absolute atomic E-state index is 13.2. The van der Waals surface area contributed by atoms with E-state index in [1.54, 1.807) is 17.5 Å². The highest BCUT2D eigenvalue weighted by Gasteiger charge is 2.18. The molecule has 1 amide bonds. The Labute approximate surface area is 198 Å². The van der Waals surface area contributed by atoms with Crippen LogP contribution in [-0.2, 0) is 11.3 Å². The van der Waals surface area contributed by atoms with Crippen molar-refractivity contribution < 1.29 is 4.79 Å². The fourth-order valence-corrected chi connectivity index (χ4v) is 5.61. The summed E-state index contributed by atoms with van der Waals surface area (Å²) >= 11 is 3.01. The fraction of sp³-hybridized carbons (Fsp3) is 0.167. The van der Waals surface area contributed by atoms with Gasteiger partial charge < -0.3 is 5.32 Å². The van der Waals surface area contributed by atoms with Crippen molar-refractivity contribution in [1.29, 1.82) is 0 Å². The van der Waals surface area contributed by atoms with Gasteiger partial charge in [-0.3, -0.25) is 14.2 Å². The van der Waals surface area contributed by atoms with Gasteiger partial charge in [-0.15, -0.1) is 22.7 Å². The second-order valence-corrected chi connectivity index (χ2v) is 9.51. The Hall–Kier alpha value is -3.56. The van der Waals surface area contributed by atoms with Gasteiger partial charge in [-0.05, 0) is 37.4 Å². The molecule has 5 aromatic rings. The predicted octanol–water partition coefficient (Wildman–Crippen LogP) is 4.56. The highest BCUT2D eigenvalue weighted by molar-refractivity contribution is 7.18. The van der Waals surface area contributed by atoms with Crippen molar-refractivity contribution in [3.63, 3.8) is 0 Å². The first-order chi connectivity index (χ1) is 16.0. The fourth-order valence-electron chi connectivity index (χ4n) is 3.89. The zero-order valence-corrected chi connectivity index (χ0v) is 19.7. The molecule has 5 rings (SSSR count). The number of aromatic nitrogens is 4. The van der Waals surface area contributed by atoms with Crippen molar-refractivity contribution in [3.8, 4) is 16.1 Å². The van der Waals surface area contributed by atoms with Gasteiger partial charge in [0.15, 0.2) is 0 Å². The quantitative estimate of drug-likeness (QED) is 0.390. The number of para-hydroxylation sites is 1. The van der Waals surface area contributed by atoms with E-state index in [1.165, 1.54) is 22.2 Å². The molecular formula is C24H21N5O2S2. The molecule has 1 unspecified atom stereocenters. The number of hydrogen-bond acceptors (Lipinski definition) is 6. The third kappa shape index (κ3) is 4.01. The van der Waals surface area contributed by atoms with E-state index in [2.05, 4.69) is 15.4 Å². The minimum Gasteiger partial charge on any atom is -0.348 e. The van der Waals surface area contributed by atoms with Gasteiger partial charge in [-0.1, -0.05) is 24.3 Å². The van der Waals surface area contributed by atoms with Gasteiger partial charge in [0.05, 0.1) is 29.6 Å². The Kier molecular flexibility index (Phi) is 5.65. The number of fused-ring (bicyclic) bond motifs is 1. The molecule has 0 bridgehead atoms. The Morgan fingerprint density at radius 1 is 1.15 bits per heavy atom. The lowest BCUT2D eigenvalue weighted by molar-refractivity contribution is -0.122. The van der Waals surface area contributed by atoms with Crippen molar-refractivity contribution in [3.05, 3.63) is 87.4 Å². The average Bonchev–Trinajstić information content (AvgIpc) is 3.55. The van der Waals surface area contributed by atoms with Crippen LogP contribution in [0.5, 0.6) is 0 Å². The Morgan fingerprint density at radius 3 is 2.73 bits per heavy atom. The van der Waals surface area contributed by atoms with E-state index in [4.69, 9.17) is 0 Å². The summed E-state index contributed by atoms with van der Waals surface area (Å²) in [6, 6.07) is 13.5. The summed E-state index contributed by atoms with van der Waals surface area (Å²) in [4.78, 5) is 32.1. The molecule has 4 aromatic heterocycles. The molecular weight excluding hydrogens is 454 g/mol. The summed E-state index contributed by atoms with van der Waals surface area (Å²) in [6.07, 6.45) is 3.22. The maximum atomic E-state index is 13.2. The molecule has 0 saturated carbocycles. The summed E-state index contributed by atoms with van der Waals surface area (Å²) in [5.41, 5.74) is 3.50. The van der Waals surface area contributed by atoms with Gasteiger partial charge in [-0.25, -0.2) is 9.67 Å². The molecule has 33 heavy (non-hydrogen) atoms. The summed E-state index contributed by atoms with van der Waals surface area (Å²) in [5, 5.41) is 12.0. The van der Waals surface area contributed by atoms with E-state index in [0.29, 0.717) is 10.2 Å². The van der Waals surface area contributed by atoms with Gasteiger partial charge in [0, 0.05) is 27.1 Å². The van der Waals surface area contributed by atoms with Crippen molar-refractivity contribution in [2.75, 3.05) is 0 Å². The molecule has 0 saturated heterocycles. The third-order valence-electron chi connectivity index (χ3n) is 5.55. The third-order valence-corrected chi connectivity index (χ3v) is 7.34. The van der Waals surface area contributed by atoms with E-state index in [1.807, 2.05) is 71.8 Å². The Balaban J connectivity index is 1.36. The number of carbonyl (C=O) groups is 1. The van der Waals surface area contributed by atoms with Crippen molar-refractivity contribution in [2.45, 2.75) is 26.4 Å².